The van der Waals surface area contributed by atoms with Crippen LogP contribution in [0.15, 0.2) is 61.2 Å². The number of rotatable bonds is 8. The summed E-state index contributed by atoms with van der Waals surface area (Å²) in [5, 5.41) is 0.572. The SMILES string of the molecule is CCc1cccc2sc(N(CCCn3ccnc3)C(=O)CN3C(=O)c4ccccc4C3=O)nc12. The Morgan fingerprint density at radius 1 is 1.06 bits per heavy atom. The number of amides is 3. The number of hydrogen-bond acceptors (Lipinski definition) is 6. The molecule has 0 saturated heterocycles. The molecule has 3 amide bonds. The second-order valence-electron chi connectivity index (χ2n) is 8.06. The van der Waals surface area contributed by atoms with Crippen LogP contribution in [0.25, 0.3) is 10.2 Å². The van der Waals surface area contributed by atoms with Crippen molar-refractivity contribution in [3.05, 3.63) is 77.9 Å². The van der Waals surface area contributed by atoms with Gasteiger partial charge in [0.15, 0.2) is 5.13 Å². The van der Waals surface area contributed by atoms with Crippen LogP contribution in [0.2, 0.25) is 0 Å². The van der Waals surface area contributed by atoms with Gasteiger partial charge in [-0.25, -0.2) is 9.97 Å². The fraction of sp³-hybridized carbons (Fsp3) is 0.240. The Balaban J connectivity index is 1.41. The number of imide groups is 1. The number of benzene rings is 2. The average molecular weight is 474 g/mol. The van der Waals surface area contributed by atoms with Crippen molar-refractivity contribution in [2.45, 2.75) is 26.3 Å². The van der Waals surface area contributed by atoms with Crippen LogP contribution in [0.1, 0.15) is 39.6 Å². The number of carbonyl (C=O) groups is 3. The lowest BCUT2D eigenvalue weighted by molar-refractivity contribution is -0.119. The molecule has 8 nitrogen and oxygen atoms in total. The van der Waals surface area contributed by atoms with Crippen LogP contribution in [0, 0.1) is 0 Å². The van der Waals surface area contributed by atoms with Gasteiger partial charge in [-0.1, -0.05) is 42.5 Å². The van der Waals surface area contributed by atoms with E-state index in [2.05, 4.69) is 11.9 Å². The van der Waals surface area contributed by atoms with Crippen molar-refractivity contribution in [1.82, 2.24) is 19.4 Å². The lowest BCUT2D eigenvalue weighted by atomic mass is 10.1. The van der Waals surface area contributed by atoms with Crippen LogP contribution in [0.3, 0.4) is 0 Å². The van der Waals surface area contributed by atoms with E-state index in [-0.39, 0.29) is 12.5 Å². The topological polar surface area (TPSA) is 88.4 Å². The third-order valence-electron chi connectivity index (χ3n) is 5.93. The maximum absolute atomic E-state index is 13.5. The van der Waals surface area contributed by atoms with Crippen LogP contribution in [-0.2, 0) is 17.8 Å². The molecule has 0 unspecified atom stereocenters. The molecule has 34 heavy (non-hydrogen) atoms. The Morgan fingerprint density at radius 3 is 2.50 bits per heavy atom. The van der Waals surface area contributed by atoms with E-state index in [0.717, 1.165) is 27.1 Å². The van der Waals surface area contributed by atoms with Gasteiger partial charge in [0.05, 0.1) is 27.7 Å². The number of carbonyl (C=O) groups excluding carboxylic acids is 3. The second-order valence-corrected chi connectivity index (χ2v) is 9.06. The minimum Gasteiger partial charge on any atom is -0.337 e. The molecule has 0 fully saturated rings. The quantitative estimate of drug-likeness (QED) is 0.364. The van der Waals surface area contributed by atoms with E-state index in [1.54, 1.807) is 41.7 Å². The van der Waals surface area contributed by atoms with Crippen LogP contribution < -0.4 is 4.90 Å². The molecule has 1 aliphatic heterocycles. The highest BCUT2D eigenvalue weighted by atomic mass is 32.1. The van der Waals surface area contributed by atoms with E-state index >= 15 is 0 Å². The summed E-state index contributed by atoms with van der Waals surface area (Å²) in [4.78, 5) is 50.6. The van der Waals surface area contributed by atoms with Gasteiger partial charge < -0.3 is 4.57 Å². The third-order valence-corrected chi connectivity index (χ3v) is 6.98. The van der Waals surface area contributed by atoms with Gasteiger partial charge in [0.25, 0.3) is 11.8 Å². The zero-order valence-corrected chi connectivity index (χ0v) is 19.5. The first-order valence-electron chi connectivity index (χ1n) is 11.2. The Hall–Kier alpha value is -3.85. The van der Waals surface area contributed by atoms with Crippen LogP contribution in [-0.4, -0.2) is 50.2 Å². The van der Waals surface area contributed by atoms with Gasteiger partial charge >= 0.3 is 0 Å². The van der Waals surface area contributed by atoms with Crippen LogP contribution >= 0.6 is 11.3 Å². The summed E-state index contributed by atoms with van der Waals surface area (Å²) in [5.41, 5.74) is 2.67. The van der Waals surface area contributed by atoms with Crippen molar-refractivity contribution < 1.29 is 14.4 Å². The Bertz CT molecular complexity index is 1340. The van der Waals surface area contributed by atoms with Crippen molar-refractivity contribution in [3.63, 3.8) is 0 Å². The number of anilines is 1. The molecular weight excluding hydrogens is 450 g/mol. The maximum atomic E-state index is 13.5. The van der Waals surface area contributed by atoms with Crippen molar-refractivity contribution >= 4 is 44.4 Å². The van der Waals surface area contributed by atoms with Gasteiger partial charge in [0.1, 0.15) is 6.54 Å². The van der Waals surface area contributed by atoms with Crippen molar-refractivity contribution in [1.29, 1.82) is 0 Å². The highest BCUT2D eigenvalue weighted by Gasteiger charge is 2.37. The molecule has 0 bridgehead atoms. The molecule has 0 saturated carbocycles. The zero-order valence-electron chi connectivity index (χ0n) is 18.7. The number of para-hydroxylation sites is 1. The van der Waals surface area contributed by atoms with Crippen LogP contribution in [0.5, 0.6) is 0 Å². The predicted octanol–water partition coefficient (Wildman–Crippen LogP) is 3.77. The lowest BCUT2D eigenvalue weighted by Gasteiger charge is -2.22. The Labute approximate surface area is 200 Å². The number of aryl methyl sites for hydroxylation is 2. The number of imidazole rings is 1. The van der Waals surface area contributed by atoms with Crippen LogP contribution in [0.4, 0.5) is 5.13 Å². The minimum atomic E-state index is -0.440. The van der Waals surface area contributed by atoms with Gasteiger partial charge in [0, 0.05) is 25.5 Å². The van der Waals surface area contributed by atoms with E-state index in [1.165, 1.54) is 11.3 Å². The molecule has 5 rings (SSSR count). The molecule has 0 N–H and O–H groups in total. The first-order chi connectivity index (χ1) is 16.6. The van der Waals surface area contributed by atoms with E-state index in [0.29, 0.717) is 35.8 Å². The summed E-state index contributed by atoms with van der Waals surface area (Å²) in [7, 11) is 0. The molecule has 0 spiro atoms. The normalized spacial score (nSPS) is 13.0. The van der Waals surface area contributed by atoms with E-state index in [9.17, 15) is 14.4 Å². The summed E-state index contributed by atoms with van der Waals surface area (Å²) in [6.45, 7) is 2.83. The highest BCUT2D eigenvalue weighted by molar-refractivity contribution is 7.22. The molecule has 4 aromatic rings. The molecular formula is C25H23N5O3S. The lowest BCUT2D eigenvalue weighted by Crippen LogP contribution is -2.43. The van der Waals surface area contributed by atoms with E-state index in [1.807, 2.05) is 29.0 Å². The standard InChI is InChI=1S/C25H23N5O3S/c1-2-17-7-5-10-20-22(17)27-25(34-20)29(13-6-12-28-14-11-26-16-28)21(31)15-30-23(32)18-8-3-4-9-19(18)24(30)33/h3-5,7-11,14,16H,2,6,12-13,15H2,1H3. The monoisotopic (exact) mass is 473 g/mol. The second kappa shape index (κ2) is 9.18. The largest absolute Gasteiger partial charge is 0.337 e. The van der Waals surface area contributed by atoms with Gasteiger partial charge in [0.2, 0.25) is 5.91 Å². The van der Waals surface area contributed by atoms with E-state index < -0.39 is 11.8 Å². The smallest absolute Gasteiger partial charge is 0.262 e. The molecule has 172 valence electrons. The number of hydrogen-bond donors (Lipinski definition) is 0. The van der Waals surface area contributed by atoms with Crippen molar-refractivity contribution in [2.24, 2.45) is 0 Å². The number of thiazole rings is 1. The molecule has 1 aliphatic rings. The Morgan fingerprint density at radius 2 is 1.82 bits per heavy atom. The zero-order chi connectivity index (χ0) is 23.7. The molecule has 0 atom stereocenters. The fourth-order valence-corrected chi connectivity index (χ4v) is 5.21. The summed E-state index contributed by atoms with van der Waals surface area (Å²) in [5.74, 6) is -1.22. The van der Waals surface area contributed by atoms with Gasteiger partial charge in [-0.3, -0.25) is 24.2 Å². The van der Waals surface area contributed by atoms with Gasteiger partial charge in [-0.05, 0) is 36.6 Å². The van der Waals surface area contributed by atoms with Crippen molar-refractivity contribution in [3.8, 4) is 0 Å². The summed E-state index contributed by atoms with van der Waals surface area (Å²) >= 11 is 1.44. The Kier molecular flexibility index (Phi) is 5.93. The summed E-state index contributed by atoms with van der Waals surface area (Å²) in [6.07, 6.45) is 6.82. The molecule has 0 radical (unpaired) electrons. The first-order valence-corrected chi connectivity index (χ1v) is 12.0. The molecule has 3 heterocycles. The molecule has 0 aliphatic carbocycles. The number of nitrogens with zero attached hydrogens (tertiary/aromatic N) is 5. The summed E-state index contributed by atoms with van der Waals surface area (Å²) < 4.78 is 2.95. The molecule has 2 aromatic carbocycles. The molecule has 2 aromatic heterocycles. The van der Waals surface area contributed by atoms with Crippen molar-refractivity contribution in [2.75, 3.05) is 18.0 Å². The van der Waals surface area contributed by atoms with Gasteiger partial charge in [-0.2, -0.15) is 0 Å². The summed E-state index contributed by atoms with van der Waals surface area (Å²) in [6, 6.07) is 12.7. The first kappa shape index (κ1) is 22.0. The average Bonchev–Trinajstić information content (AvgIpc) is 3.58. The molecule has 9 heteroatoms. The maximum Gasteiger partial charge on any atom is 0.262 e. The number of fused-ring (bicyclic) bond motifs is 2. The third kappa shape index (κ3) is 3.99. The fourth-order valence-electron chi connectivity index (χ4n) is 4.16. The van der Waals surface area contributed by atoms with E-state index in [4.69, 9.17) is 4.98 Å². The minimum absolute atomic E-state index is 0.325. The predicted molar refractivity (Wildman–Crippen MR) is 130 cm³/mol. The highest BCUT2D eigenvalue weighted by Crippen LogP contribution is 2.32. The number of aromatic nitrogens is 3. The van der Waals surface area contributed by atoms with Gasteiger partial charge in [-0.15, -0.1) is 0 Å².